The highest BCUT2D eigenvalue weighted by atomic mass is 16.3. The molecule has 0 bridgehead atoms. The number of para-hydroxylation sites is 2. The number of anilines is 3. The van der Waals surface area contributed by atoms with Crippen LogP contribution in [0.15, 0.2) is 229 Å². The van der Waals surface area contributed by atoms with Crippen LogP contribution in [0.4, 0.5) is 17.1 Å². The maximum absolute atomic E-state index is 6.49. The van der Waals surface area contributed by atoms with Crippen LogP contribution in [0.1, 0.15) is 0 Å². The zero-order valence-corrected chi connectivity index (χ0v) is 30.7. The molecule has 0 spiro atoms. The molecular formula is C54H37NO. The first-order valence-corrected chi connectivity index (χ1v) is 19.1. The smallest absolute Gasteiger partial charge is 0.143 e. The maximum atomic E-state index is 6.49. The van der Waals surface area contributed by atoms with Crippen LogP contribution in [0.25, 0.3) is 77.6 Å². The zero-order valence-electron chi connectivity index (χ0n) is 30.7. The average molecular weight is 716 g/mol. The van der Waals surface area contributed by atoms with E-state index in [-0.39, 0.29) is 0 Å². The van der Waals surface area contributed by atoms with E-state index in [2.05, 4.69) is 217 Å². The Hall–Kier alpha value is -7.42. The first-order chi connectivity index (χ1) is 27.8. The molecule has 0 aliphatic rings. The summed E-state index contributed by atoms with van der Waals surface area (Å²) >= 11 is 0. The summed E-state index contributed by atoms with van der Waals surface area (Å²) in [6, 6.07) is 80.0. The van der Waals surface area contributed by atoms with Crippen LogP contribution >= 0.6 is 0 Å². The van der Waals surface area contributed by atoms with Crippen molar-refractivity contribution in [1.82, 2.24) is 0 Å². The van der Waals surface area contributed by atoms with E-state index in [0.717, 1.165) is 50.1 Å². The summed E-state index contributed by atoms with van der Waals surface area (Å²) in [4.78, 5) is 2.35. The summed E-state index contributed by atoms with van der Waals surface area (Å²) in [5.74, 6) is 0. The number of benzene rings is 9. The van der Waals surface area contributed by atoms with Crippen LogP contribution in [-0.4, -0.2) is 0 Å². The Morgan fingerprint density at radius 3 is 1.23 bits per heavy atom. The molecule has 0 aliphatic heterocycles. The van der Waals surface area contributed by atoms with Gasteiger partial charge in [-0.25, -0.2) is 0 Å². The monoisotopic (exact) mass is 715 g/mol. The van der Waals surface area contributed by atoms with Crippen molar-refractivity contribution < 1.29 is 4.42 Å². The van der Waals surface area contributed by atoms with Crippen molar-refractivity contribution in [3.63, 3.8) is 0 Å². The molecule has 10 rings (SSSR count). The molecule has 56 heavy (non-hydrogen) atoms. The van der Waals surface area contributed by atoms with E-state index in [4.69, 9.17) is 4.42 Å². The van der Waals surface area contributed by atoms with E-state index in [1.807, 2.05) is 12.1 Å². The Labute approximate surface area is 327 Å². The fraction of sp³-hybridized carbons (Fsp3) is 0. The molecule has 0 unspecified atom stereocenters. The largest absolute Gasteiger partial charge is 0.455 e. The fourth-order valence-electron chi connectivity index (χ4n) is 8.02. The molecule has 2 heteroatoms. The zero-order chi connectivity index (χ0) is 37.3. The van der Waals surface area contributed by atoms with Crippen molar-refractivity contribution in [3.8, 4) is 55.6 Å². The van der Waals surface area contributed by atoms with Crippen molar-refractivity contribution in [3.05, 3.63) is 224 Å². The van der Waals surface area contributed by atoms with Gasteiger partial charge in [0.25, 0.3) is 0 Å². The van der Waals surface area contributed by atoms with Gasteiger partial charge in [-0.15, -0.1) is 0 Å². The lowest BCUT2D eigenvalue weighted by molar-refractivity contribution is 0.670. The molecule has 10 aromatic rings. The van der Waals surface area contributed by atoms with Crippen LogP contribution in [0.5, 0.6) is 0 Å². The molecule has 0 radical (unpaired) electrons. The SMILES string of the molecule is c1ccc(-c2ccccc2-c2ccc(N(c3ccc(-c4ccccc4-c4ccccc4)cc3)c3cccc(-c4cccc5c4oc4ccccc45)c3)cc2)cc1. The van der Waals surface area contributed by atoms with E-state index in [1.165, 1.54) is 44.5 Å². The molecule has 0 aliphatic carbocycles. The van der Waals surface area contributed by atoms with Crippen LogP contribution in [-0.2, 0) is 0 Å². The Bertz CT molecular complexity index is 2820. The summed E-state index contributed by atoms with van der Waals surface area (Å²) in [6.07, 6.45) is 0. The number of furan rings is 1. The highest BCUT2D eigenvalue weighted by Crippen LogP contribution is 2.42. The van der Waals surface area contributed by atoms with E-state index in [0.29, 0.717) is 0 Å². The van der Waals surface area contributed by atoms with Crippen LogP contribution in [0, 0.1) is 0 Å². The third kappa shape index (κ3) is 6.14. The van der Waals surface area contributed by atoms with Gasteiger partial charge in [-0.1, -0.05) is 182 Å². The van der Waals surface area contributed by atoms with Gasteiger partial charge in [0.05, 0.1) is 0 Å². The molecule has 0 atom stereocenters. The van der Waals surface area contributed by atoms with Crippen molar-refractivity contribution in [1.29, 1.82) is 0 Å². The molecule has 1 aromatic heterocycles. The van der Waals surface area contributed by atoms with Gasteiger partial charge in [-0.05, 0) is 92.5 Å². The molecule has 0 N–H and O–H groups in total. The topological polar surface area (TPSA) is 16.4 Å². The summed E-state index contributed by atoms with van der Waals surface area (Å²) < 4.78 is 6.49. The number of nitrogens with zero attached hydrogens (tertiary/aromatic N) is 1. The lowest BCUT2D eigenvalue weighted by Gasteiger charge is -2.26. The quantitative estimate of drug-likeness (QED) is 0.156. The molecular weight excluding hydrogens is 679 g/mol. The predicted molar refractivity (Wildman–Crippen MR) is 236 cm³/mol. The second-order valence-corrected chi connectivity index (χ2v) is 14.1. The maximum Gasteiger partial charge on any atom is 0.143 e. The predicted octanol–water partition coefficient (Wildman–Crippen LogP) is 15.4. The highest BCUT2D eigenvalue weighted by Gasteiger charge is 2.18. The molecule has 264 valence electrons. The number of rotatable bonds is 8. The van der Waals surface area contributed by atoms with Crippen LogP contribution < -0.4 is 4.90 Å². The van der Waals surface area contributed by atoms with Crippen LogP contribution in [0.2, 0.25) is 0 Å². The van der Waals surface area contributed by atoms with Gasteiger partial charge in [-0.3, -0.25) is 0 Å². The molecule has 0 amide bonds. The minimum atomic E-state index is 0.899. The summed E-state index contributed by atoms with van der Waals surface area (Å²) in [5.41, 5.74) is 16.8. The molecule has 0 saturated carbocycles. The first-order valence-electron chi connectivity index (χ1n) is 19.1. The van der Waals surface area contributed by atoms with E-state index < -0.39 is 0 Å². The van der Waals surface area contributed by atoms with Gasteiger partial charge >= 0.3 is 0 Å². The fourth-order valence-corrected chi connectivity index (χ4v) is 8.02. The van der Waals surface area contributed by atoms with Gasteiger partial charge in [0.1, 0.15) is 11.2 Å². The van der Waals surface area contributed by atoms with E-state index >= 15 is 0 Å². The van der Waals surface area contributed by atoms with Gasteiger partial charge < -0.3 is 9.32 Å². The number of hydrogen-bond donors (Lipinski definition) is 0. The third-order valence-corrected chi connectivity index (χ3v) is 10.7. The van der Waals surface area contributed by atoms with E-state index in [9.17, 15) is 0 Å². The Kier molecular flexibility index (Phi) is 8.55. The molecule has 9 aromatic carbocycles. The highest BCUT2D eigenvalue weighted by molar-refractivity contribution is 6.09. The minimum absolute atomic E-state index is 0.899. The van der Waals surface area contributed by atoms with Crippen molar-refractivity contribution in [2.45, 2.75) is 0 Å². The number of fused-ring (bicyclic) bond motifs is 3. The summed E-state index contributed by atoms with van der Waals surface area (Å²) in [7, 11) is 0. The van der Waals surface area contributed by atoms with Crippen molar-refractivity contribution in [2.24, 2.45) is 0 Å². The van der Waals surface area contributed by atoms with Gasteiger partial charge in [0.2, 0.25) is 0 Å². The molecule has 0 fully saturated rings. The minimum Gasteiger partial charge on any atom is -0.455 e. The molecule has 2 nitrogen and oxygen atoms in total. The summed E-state index contributed by atoms with van der Waals surface area (Å²) in [5, 5.41) is 2.25. The Morgan fingerprint density at radius 2 is 0.679 bits per heavy atom. The first kappa shape index (κ1) is 33.2. The Morgan fingerprint density at radius 1 is 0.268 bits per heavy atom. The standard InChI is InChI=1S/C54H37NO/c1-3-15-38(16-4-1)46-21-7-9-23-48(46)40-29-33-43(34-30-40)55(44-35-31-41(32-36-44)49-24-10-8-22-47(49)39-17-5-2-6-18-39)45-20-13-19-42(37-45)50-26-14-27-52-51-25-11-12-28-53(51)56-54(50)52/h1-37H. The Balaban J connectivity index is 1.08. The summed E-state index contributed by atoms with van der Waals surface area (Å²) in [6.45, 7) is 0. The second kappa shape index (κ2) is 14.4. The molecule has 1 heterocycles. The second-order valence-electron chi connectivity index (χ2n) is 14.1. The number of hydrogen-bond acceptors (Lipinski definition) is 2. The third-order valence-electron chi connectivity index (χ3n) is 10.7. The van der Waals surface area contributed by atoms with Gasteiger partial charge in [0, 0.05) is 33.4 Å². The van der Waals surface area contributed by atoms with Gasteiger partial charge in [0.15, 0.2) is 0 Å². The lowest BCUT2D eigenvalue weighted by Crippen LogP contribution is -2.10. The normalized spacial score (nSPS) is 11.2. The van der Waals surface area contributed by atoms with Crippen molar-refractivity contribution >= 4 is 39.0 Å². The van der Waals surface area contributed by atoms with Crippen molar-refractivity contribution in [2.75, 3.05) is 4.90 Å². The van der Waals surface area contributed by atoms with Gasteiger partial charge in [-0.2, -0.15) is 0 Å². The molecule has 0 saturated heterocycles. The van der Waals surface area contributed by atoms with E-state index in [1.54, 1.807) is 0 Å². The van der Waals surface area contributed by atoms with Crippen LogP contribution in [0.3, 0.4) is 0 Å². The lowest BCUT2D eigenvalue weighted by atomic mass is 9.94. The average Bonchev–Trinajstić information content (AvgIpc) is 3.67.